The van der Waals surface area contributed by atoms with Crippen LogP contribution in [-0.2, 0) is 9.47 Å². The third kappa shape index (κ3) is 7.52. The molecule has 5 nitrogen and oxygen atoms in total. The number of hydrogen-bond acceptors (Lipinski definition) is 5. The van der Waals surface area contributed by atoms with Gasteiger partial charge < -0.3 is 24.6 Å². The van der Waals surface area contributed by atoms with E-state index in [1.807, 2.05) is 19.9 Å². The smallest absolute Gasteiger partial charge is 0.139 e. The van der Waals surface area contributed by atoms with Crippen molar-refractivity contribution in [2.45, 2.75) is 26.1 Å². The lowest BCUT2D eigenvalue weighted by Crippen LogP contribution is -2.25. The van der Waals surface area contributed by atoms with E-state index < -0.39 is 6.10 Å². The molecule has 0 aliphatic rings. The van der Waals surface area contributed by atoms with Crippen LogP contribution in [0, 0.1) is 0 Å². The van der Waals surface area contributed by atoms with Crippen LogP contribution in [0.25, 0.3) is 0 Å². The number of benzene rings is 1. The lowest BCUT2D eigenvalue weighted by atomic mass is 10.3. The third-order valence-electron chi connectivity index (χ3n) is 2.68. The zero-order valence-electron chi connectivity index (χ0n) is 12.8. The summed E-state index contributed by atoms with van der Waals surface area (Å²) in [4.78, 5) is 0. The van der Waals surface area contributed by atoms with Crippen molar-refractivity contribution < 1.29 is 19.3 Å². The molecular weight excluding hydrogens is 294 g/mol. The minimum Gasteiger partial charge on any atom is -0.495 e. The quantitative estimate of drug-likeness (QED) is 0.649. The average molecular weight is 318 g/mol. The molecule has 0 saturated heterocycles. The molecule has 1 aromatic rings. The Bertz CT molecular complexity index is 415. The van der Waals surface area contributed by atoms with Crippen LogP contribution in [0.4, 0.5) is 5.69 Å². The van der Waals surface area contributed by atoms with Crippen LogP contribution in [0.15, 0.2) is 18.2 Å². The van der Waals surface area contributed by atoms with Gasteiger partial charge in [0.1, 0.15) is 5.75 Å². The van der Waals surface area contributed by atoms with Gasteiger partial charge >= 0.3 is 0 Å². The van der Waals surface area contributed by atoms with Crippen molar-refractivity contribution in [3.05, 3.63) is 23.2 Å². The molecule has 0 amide bonds. The summed E-state index contributed by atoms with van der Waals surface area (Å²) >= 11 is 5.95. The molecule has 0 bridgehead atoms. The summed E-state index contributed by atoms with van der Waals surface area (Å²) in [5.74, 6) is 0.596. The molecule has 0 spiro atoms. The molecule has 1 rings (SSSR count). The lowest BCUT2D eigenvalue weighted by Gasteiger charge is -2.14. The first-order chi connectivity index (χ1) is 10.0. The van der Waals surface area contributed by atoms with Gasteiger partial charge in [0.2, 0.25) is 0 Å². The highest BCUT2D eigenvalue weighted by molar-refractivity contribution is 6.32. The number of hydrogen-bond donors (Lipinski definition) is 2. The van der Waals surface area contributed by atoms with E-state index in [1.54, 1.807) is 19.2 Å². The van der Waals surface area contributed by atoms with Gasteiger partial charge in [-0.1, -0.05) is 11.6 Å². The highest BCUT2D eigenvalue weighted by Gasteiger charge is 2.06. The Hall–Kier alpha value is -1.01. The fraction of sp³-hybridized carbons (Fsp3) is 0.600. The van der Waals surface area contributed by atoms with Gasteiger partial charge in [0.25, 0.3) is 0 Å². The summed E-state index contributed by atoms with van der Waals surface area (Å²) < 4.78 is 15.8. The van der Waals surface area contributed by atoms with Gasteiger partial charge in [-0.3, -0.25) is 0 Å². The number of anilines is 1. The van der Waals surface area contributed by atoms with Gasteiger partial charge in [-0.05, 0) is 26.0 Å². The Morgan fingerprint density at radius 2 is 2.05 bits per heavy atom. The van der Waals surface area contributed by atoms with Gasteiger partial charge in [-0.2, -0.15) is 0 Å². The monoisotopic (exact) mass is 317 g/mol. The van der Waals surface area contributed by atoms with Crippen LogP contribution in [0.1, 0.15) is 13.8 Å². The van der Waals surface area contributed by atoms with E-state index in [4.69, 9.17) is 25.8 Å². The largest absolute Gasteiger partial charge is 0.495 e. The van der Waals surface area contributed by atoms with Crippen LogP contribution in [0.5, 0.6) is 5.75 Å². The number of aliphatic hydroxyl groups excluding tert-OH is 1. The second-order valence-electron chi connectivity index (χ2n) is 4.88. The van der Waals surface area contributed by atoms with Crippen molar-refractivity contribution in [1.82, 2.24) is 0 Å². The normalized spacial score (nSPS) is 12.5. The predicted molar refractivity (Wildman–Crippen MR) is 84.4 cm³/mol. The molecule has 6 heteroatoms. The molecule has 0 aliphatic heterocycles. The molecule has 1 atom stereocenters. The first-order valence-electron chi connectivity index (χ1n) is 6.97. The Morgan fingerprint density at radius 3 is 2.71 bits per heavy atom. The van der Waals surface area contributed by atoms with E-state index in [-0.39, 0.29) is 12.7 Å². The van der Waals surface area contributed by atoms with Crippen molar-refractivity contribution in [2.24, 2.45) is 0 Å². The van der Waals surface area contributed by atoms with Gasteiger partial charge in [-0.15, -0.1) is 0 Å². The molecule has 0 saturated carbocycles. The molecule has 1 unspecified atom stereocenters. The Kier molecular flexibility index (Phi) is 8.45. The summed E-state index contributed by atoms with van der Waals surface area (Å²) in [6, 6.07) is 5.36. The van der Waals surface area contributed by atoms with E-state index in [0.29, 0.717) is 30.5 Å². The van der Waals surface area contributed by atoms with Crippen molar-refractivity contribution in [3.63, 3.8) is 0 Å². The Labute approximate surface area is 131 Å². The first-order valence-corrected chi connectivity index (χ1v) is 7.35. The van der Waals surface area contributed by atoms with Crippen molar-refractivity contribution in [2.75, 3.05) is 38.8 Å². The summed E-state index contributed by atoms with van der Waals surface area (Å²) in [7, 11) is 1.56. The highest BCUT2D eigenvalue weighted by Crippen LogP contribution is 2.27. The number of ether oxygens (including phenoxy) is 3. The van der Waals surface area contributed by atoms with E-state index in [1.165, 1.54) is 0 Å². The molecule has 0 heterocycles. The zero-order valence-corrected chi connectivity index (χ0v) is 13.5. The van der Waals surface area contributed by atoms with Crippen LogP contribution >= 0.6 is 11.6 Å². The number of rotatable bonds is 10. The van der Waals surface area contributed by atoms with Crippen molar-refractivity contribution >= 4 is 17.3 Å². The van der Waals surface area contributed by atoms with Crippen molar-refractivity contribution in [3.8, 4) is 5.75 Å². The Balaban J connectivity index is 2.22. The molecule has 2 N–H and O–H groups in total. The maximum absolute atomic E-state index is 9.81. The van der Waals surface area contributed by atoms with Crippen LogP contribution in [0.2, 0.25) is 5.02 Å². The molecule has 1 aromatic carbocycles. The maximum Gasteiger partial charge on any atom is 0.139 e. The fourth-order valence-corrected chi connectivity index (χ4v) is 1.82. The summed E-state index contributed by atoms with van der Waals surface area (Å²) in [6.45, 7) is 5.60. The lowest BCUT2D eigenvalue weighted by molar-refractivity contribution is -0.00734. The fourth-order valence-electron chi connectivity index (χ4n) is 1.63. The number of halogens is 1. The SMILES string of the molecule is COc1cc(NCC(O)COCCOC(C)C)ccc1Cl. The molecule has 21 heavy (non-hydrogen) atoms. The predicted octanol–water partition coefficient (Wildman–Crippen LogP) is 2.56. The number of methoxy groups -OCH3 is 1. The first kappa shape index (κ1) is 18.0. The minimum absolute atomic E-state index is 0.195. The van der Waals surface area contributed by atoms with Gasteiger partial charge in [0.15, 0.2) is 0 Å². The topological polar surface area (TPSA) is 60.0 Å². The van der Waals surface area contributed by atoms with Gasteiger partial charge in [0, 0.05) is 18.3 Å². The molecule has 0 aromatic heterocycles. The maximum atomic E-state index is 9.81. The number of aliphatic hydroxyl groups is 1. The average Bonchev–Trinajstić information content (AvgIpc) is 2.45. The standard InChI is InChI=1S/C15H24ClNO4/c1-11(2)21-7-6-20-10-13(18)9-17-12-4-5-14(16)15(8-12)19-3/h4-5,8,11,13,17-18H,6-7,9-10H2,1-3H3. The summed E-state index contributed by atoms with van der Waals surface area (Å²) in [5, 5.41) is 13.5. The molecular formula is C15H24ClNO4. The van der Waals surface area contributed by atoms with Crippen LogP contribution < -0.4 is 10.1 Å². The summed E-state index contributed by atoms with van der Waals surface area (Å²) in [5.41, 5.74) is 0.832. The zero-order chi connectivity index (χ0) is 15.7. The second-order valence-corrected chi connectivity index (χ2v) is 5.29. The van der Waals surface area contributed by atoms with E-state index in [9.17, 15) is 5.11 Å². The van der Waals surface area contributed by atoms with Gasteiger partial charge in [0.05, 0.1) is 44.2 Å². The van der Waals surface area contributed by atoms with E-state index in [2.05, 4.69) is 5.32 Å². The second kappa shape index (κ2) is 9.84. The highest BCUT2D eigenvalue weighted by atomic mass is 35.5. The number of nitrogens with one attached hydrogen (secondary N) is 1. The van der Waals surface area contributed by atoms with Crippen LogP contribution in [-0.4, -0.2) is 50.8 Å². The van der Waals surface area contributed by atoms with Crippen molar-refractivity contribution in [1.29, 1.82) is 0 Å². The minimum atomic E-state index is -0.592. The Morgan fingerprint density at radius 1 is 1.29 bits per heavy atom. The molecule has 0 fully saturated rings. The van der Waals surface area contributed by atoms with E-state index >= 15 is 0 Å². The molecule has 120 valence electrons. The third-order valence-corrected chi connectivity index (χ3v) is 2.99. The molecule has 0 radical (unpaired) electrons. The molecule has 0 aliphatic carbocycles. The van der Waals surface area contributed by atoms with Crippen LogP contribution in [0.3, 0.4) is 0 Å². The summed E-state index contributed by atoms with van der Waals surface area (Å²) in [6.07, 6.45) is -0.397. The van der Waals surface area contributed by atoms with E-state index in [0.717, 1.165) is 5.69 Å². The van der Waals surface area contributed by atoms with Gasteiger partial charge in [-0.25, -0.2) is 0 Å².